The summed E-state index contributed by atoms with van der Waals surface area (Å²) in [5, 5.41) is 7.78. The minimum absolute atomic E-state index is 0.194. The lowest BCUT2D eigenvalue weighted by atomic mass is 9.97. The predicted molar refractivity (Wildman–Crippen MR) is 190 cm³/mol. The molecule has 1 saturated carbocycles. The number of amides is 1. The molecule has 0 radical (unpaired) electrons. The number of carbonyl (C=O) groups excluding carboxylic acids is 1. The molecule has 3 atom stereocenters. The highest BCUT2D eigenvalue weighted by Gasteiger charge is 2.40. The topological polar surface area (TPSA) is 98.3 Å². The molecule has 1 aliphatic carbocycles. The molecular weight excluding hydrogens is 642 g/mol. The largest absolute Gasteiger partial charge is 0.494 e. The predicted octanol–water partition coefficient (Wildman–Crippen LogP) is 6.04. The van der Waals surface area contributed by atoms with E-state index in [4.69, 9.17) is 9.57 Å². The second-order valence-electron chi connectivity index (χ2n) is 13.8. The zero-order chi connectivity index (χ0) is 34.9. The van der Waals surface area contributed by atoms with Crippen molar-refractivity contribution < 1.29 is 23.1 Å². The molecule has 2 aromatic carbocycles. The van der Waals surface area contributed by atoms with Gasteiger partial charge in [0.2, 0.25) is 5.91 Å². The average Bonchev–Trinajstić information content (AvgIpc) is 3.85. The Hall–Kier alpha value is -4.33. The second-order valence-corrected chi connectivity index (χ2v) is 13.8. The Bertz CT molecular complexity index is 1720. The summed E-state index contributed by atoms with van der Waals surface area (Å²) in [4.78, 5) is 34.9. The van der Waals surface area contributed by atoms with Crippen LogP contribution in [-0.2, 0) is 9.63 Å². The number of benzene rings is 2. The van der Waals surface area contributed by atoms with E-state index in [2.05, 4.69) is 55.7 Å². The van der Waals surface area contributed by atoms with Gasteiger partial charge in [0.1, 0.15) is 29.5 Å². The van der Waals surface area contributed by atoms with E-state index in [0.717, 1.165) is 62.9 Å². The number of piperidine rings is 1. The highest BCUT2D eigenvalue weighted by atomic mass is 19.1. The molecule has 266 valence electrons. The molecule has 4 heterocycles. The molecule has 1 amide bonds. The summed E-state index contributed by atoms with van der Waals surface area (Å²) >= 11 is 0. The van der Waals surface area contributed by atoms with Gasteiger partial charge in [-0.1, -0.05) is 6.58 Å². The Labute approximate surface area is 292 Å². The maximum atomic E-state index is 14.7. The number of rotatable bonds is 10. The molecule has 1 aromatic heterocycles. The van der Waals surface area contributed by atoms with Crippen LogP contribution in [0.15, 0.2) is 55.4 Å². The third-order valence-corrected chi connectivity index (χ3v) is 10.5. The van der Waals surface area contributed by atoms with E-state index < -0.39 is 17.7 Å². The quantitative estimate of drug-likeness (QED) is 0.246. The van der Waals surface area contributed by atoms with E-state index in [1.54, 1.807) is 13.2 Å². The Morgan fingerprint density at radius 2 is 1.68 bits per heavy atom. The second kappa shape index (κ2) is 14.5. The third kappa shape index (κ3) is 7.12. The van der Waals surface area contributed by atoms with Gasteiger partial charge >= 0.3 is 0 Å². The molecule has 0 bridgehead atoms. The minimum Gasteiger partial charge on any atom is -0.494 e. The number of nitrogens with one attached hydrogen (secondary N) is 2. The maximum absolute atomic E-state index is 14.7. The third-order valence-electron chi connectivity index (χ3n) is 10.5. The number of methoxy groups -OCH3 is 1. The Morgan fingerprint density at radius 3 is 2.36 bits per heavy atom. The van der Waals surface area contributed by atoms with Crippen LogP contribution in [0.3, 0.4) is 0 Å². The SMILES string of the molecule is C=CC(=O)Nc1cc(Nc2cc(N3OCCC3c3cc(F)ccc3F)ncn2)c(OC)cc1N1CCC(N2C[C@@H](C)N(C3CC3)C[C@H]2C)CC1. The first-order valence-electron chi connectivity index (χ1n) is 17.6. The molecule has 50 heavy (non-hydrogen) atoms. The van der Waals surface area contributed by atoms with Crippen molar-refractivity contribution in [3.8, 4) is 5.75 Å². The Morgan fingerprint density at radius 1 is 0.960 bits per heavy atom. The number of carbonyl (C=O) groups is 1. The lowest BCUT2D eigenvalue weighted by Crippen LogP contribution is -2.61. The van der Waals surface area contributed by atoms with Crippen LogP contribution < -0.4 is 25.3 Å². The van der Waals surface area contributed by atoms with Crippen LogP contribution in [-0.4, -0.2) is 89.7 Å². The van der Waals surface area contributed by atoms with E-state index in [0.29, 0.717) is 59.9 Å². The first-order chi connectivity index (χ1) is 24.2. The lowest BCUT2D eigenvalue weighted by molar-refractivity contribution is -0.111. The van der Waals surface area contributed by atoms with Gasteiger partial charge in [-0.2, -0.15) is 0 Å². The van der Waals surface area contributed by atoms with Gasteiger partial charge in [-0.3, -0.25) is 19.4 Å². The first kappa shape index (κ1) is 34.1. The molecule has 11 nitrogen and oxygen atoms in total. The van der Waals surface area contributed by atoms with Gasteiger partial charge in [-0.25, -0.2) is 23.8 Å². The summed E-state index contributed by atoms with van der Waals surface area (Å²) < 4.78 is 34.6. The van der Waals surface area contributed by atoms with Gasteiger partial charge in [0.05, 0.1) is 36.8 Å². The van der Waals surface area contributed by atoms with Crippen molar-refractivity contribution in [2.45, 2.75) is 76.2 Å². The highest BCUT2D eigenvalue weighted by molar-refractivity contribution is 6.02. The fourth-order valence-corrected chi connectivity index (χ4v) is 7.84. The molecule has 0 spiro atoms. The van der Waals surface area contributed by atoms with E-state index in [9.17, 15) is 13.6 Å². The summed E-state index contributed by atoms with van der Waals surface area (Å²) in [6.07, 6.45) is 7.82. The van der Waals surface area contributed by atoms with Crippen LogP contribution >= 0.6 is 0 Å². The molecule has 3 aromatic rings. The van der Waals surface area contributed by atoms with Gasteiger partial charge in [-0.05, 0) is 69.9 Å². The van der Waals surface area contributed by atoms with Gasteiger partial charge < -0.3 is 20.3 Å². The van der Waals surface area contributed by atoms with E-state index in [1.807, 2.05) is 12.1 Å². The average molecular weight is 689 g/mol. The first-order valence-corrected chi connectivity index (χ1v) is 17.6. The Balaban J connectivity index is 1.09. The number of hydrogen-bond donors (Lipinski definition) is 2. The van der Waals surface area contributed by atoms with Crippen LogP contribution in [0, 0.1) is 11.6 Å². The summed E-state index contributed by atoms with van der Waals surface area (Å²) in [5.74, 6) is 0.00335. The molecule has 3 aliphatic heterocycles. The molecule has 1 unspecified atom stereocenters. The number of hydroxylamine groups is 1. The van der Waals surface area contributed by atoms with Crippen molar-refractivity contribution in [1.29, 1.82) is 0 Å². The van der Waals surface area contributed by atoms with E-state index >= 15 is 0 Å². The van der Waals surface area contributed by atoms with E-state index in [-0.39, 0.29) is 11.5 Å². The van der Waals surface area contributed by atoms with Crippen LogP contribution in [0.25, 0.3) is 0 Å². The van der Waals surface area contributed by atoms with Crippen LogP contribution in [0.1, 0.15) is 57.6 Å². The summed E-state index contributed by atoms with van der Waals surface area (Å²) in [6, 6.07) is 10.7. The number of hydrogen-bond acceptors (Lipinski definition) is 10. The van der Waals surface area contributed by atoms with Gasteiger partial charge in [0, 0.05) is 74.5 Å². The standard InChI is InChI=1S/C37H46F2N8O3/c1-5-37(48)43-30-17-31(42-35-19-36(41-22-40-35)47-32(12-15-50-47)28-16-25(38)6-9-29(28)39)34(49-4)18-33(30)44-13-10-27(11-14-44)46-21-23(2)45(20-24(46)3)26-7-8-26/h5-6,9,16-19,22-24,26-27,32H,1,7-8,10-15,20-21H2,2-4H3,(H,43,48)(H,40,41,42)/t23-,24-,32?/m1/s1. The molecule has 13 heteroatoms. The van der Waals surface area contributed by atoms with Crippen molar-refractivity contribution in [3.63, 3.8) is 0 Å². The summed E-state index contributed by atoms with van der Waals surface area (Å²) in [5.41, 5.74) is 2.26. The number of piperazine rings is 1. The van der Waals surface area contributed by atoms with Gasteiger partial charge in [-0.15, -0.1) is 0 Å². The van der Waals surface area contributed by atoms with Crippen molar-refractivity contribution in [1.82, 2.24) is 19.8 Å². The number of aromatic nitrogens is 2. The van der Waals surface area contributed by atoms with Crippen LogP contribution in [0.2, 0.25) is 0 Å². The molecule has 7 rings (SSSR count). The zero-order valence-corrected chi connectivity index (χ0v) is 28.9. The smallest absolute Gasteiger partial charge is 0.247 e. The van der Waals surface area contributed by atoms with Crippen LogP contribution in [0.5, 0.6) is 5.75 Å². The molecule has 4 aliphatic rings. The Kier molecular flexibility index (Phi) is 9.89. The lowest BCUT2D eigenvalue weighted by Gasteiger charge is -2.49. The zero-order valence-electron chi connectivity index (χ0n) is 28.9. The minimum atomic E-state index is -0.564. The monoisotopic (exact) mass is 688 g/mol. The molecule has 4 fully saturated rings. The highest BCUT2D eigenvalue weighted by Crippen LogP contribution is 2.41. The number of ether oxygens (including phenoxy) is 1. The summed E-state index contributed by atoms with van der Waals surface area (Å²) in [7, 11) is 1.60. The van der Waals surface area contributed by atoms with Gasteiger partial charge in [0.25, 0.3) is 0 Å². The molecule has 3 saturated heterocycles. The summed E-state index contributed by atoms with van der Waals surface area (Å²) in [6.45, 7) is 12.7. The van der Waals surface area contributed by atoms with Crippen molar-refractivity contribution in [2.75, 3.05) is 60.5 Å². The van der Waals surface area contributed by atoms with Crippen molar-refractivity contribution in [2.24, 2.45) is 0 Å². The van der Waals surface area contributed by atoms with E-state index in [1.165, 1.54) is 36.4 Å². The maximum Gasteiger partial charge on any atom is 0.247 e. The fourth-order valence-electron chi connectivity index (χ4n) is 7.84. The number of halogens is 2. The van der Waals surface area contributed by atoms with Crippen molar-refractivity contribution >= 4 is 34.6 Å². The van der Waals surface area contributed by atoms with Crippen LogP contribution in [0.4, 0.5) is 37.5 Å². The van der Waals surface area contributed by atoms with Gasteiger partial charge in [0.15, 0.2) is 5.82 Å². The number of nitrogens with zero attached hydrogens (tertiary/aromatic N) is 6. The number of anilines is 5. The molecular formula is C37H46F2N8O3. The van der Waals surface area contributed by atoms with Crippen molar-refractivity contribution in [3.05, 3.63) is 72.6 Å². The molecule has 2 N–H and O–H groups in total. The normalized spacial score (nSPS) is 23.6. The fraction of sp³-hybridized carbons (Fsp3) is 0.486.